The van der Waals surface area contributed by atoms with E-state index < -0.39 is 0 Å². The predicted molar refractivity (Wildman–Crippen MR) is 64.1 cm³/mol. The SMILES string of the molecule is Cc1nnc(C2(N)CCCCC2)n1C(C)C. The van der Waals surface area contributed by atoms with Crippen LogP contribution < -0.4 is 5.73 Å². The molecule has 1 fully saturated rings. The lowest BCUT2D eigenvalue weighted by Crippen LogP contribution is -2.41. The number of hydrogen-bond donors (Lipinski definition) is 1. The second-order valence-electron chi connectivity index (χ2n) is 5.25. The molecule has 1 heterocycles. The van der Waals surface area contributed by atoms with E-state index in [2.05, 4.69) is 28.6 Å². The summed E-state index contributed by atoms with van der Waals surface area (Å²) in [6, 6.07) is 0.382. The highest BCUT2D eigenvalue weighted by Crippen LogP contribution is 2.34. The van der Waals surface area contributed by atoms with E-state index in [1.165, 1.54) is 19.3 Å². The van der Waals surface area contributed by atoms with Gasteiger partial charge in [0.05, 0.1) is 5.54 Å². The zero-order valence-corrected chi connectivity index (χ0v) is 10.5. The minimum atomic E-state index is -0.246. The van der Waals surface area contributed by atoms with Crippen molar-refractivity contribution >= 4 is 0 Å². The summed E-state index contributed by atoms with van der Waals surface area (Å²) >= 11 is 0. The van der Waals surface area contributed by atoms with Crippen LogP contribution in [-0.2, 0) is 5.54 Å². The van der Waals surface area contributed by atoms with Crippen molar-refractivity contribution in [2.75, 3.05) is 0 Å². The van der Waals surface area contributed by atoms with Crippen molar-refractivity contribution in [3.63, 3.8) is 0 Å². The third-order valence-electron chi connectivity index (χ3n) is 3.57. The van der Waals surface area contributed by atoms with E-state index in [1.54, 1.807) is 0 Å². The van der Waals surface area contributed by atoms with E-state index >= 15 is 0 Å². The minimum Gasteiger partial charge on any atom is -0.319 e. The van der Waals surface area contributed by atoms with Gasteiger partial charge in [-0.3, -0.25) is 0 Å². The van der Waals surface area contributed by atoms with Gasteiger partial charge in [0.2, 0.25) is 0 Å². The molecule has 4 heteroatoms. The molecule has 1 saturated carbocycles. The Labute approximate surface area is 97.2 Å². The van der Waals surface area contributed by atoms with Gasteiger partial charge < -0.3 is 10.3 Å². The number of aromatic nitrogens is 3. The van der Waals surface area contributed by atoms with Crippen LogP contribution in [0.25, 0.3) is 0 Å². The summed E-state index contributed by atoms with van der Waals surface area (Å²) in [5.74, 6) is 1.96. The van der Waals surface area contributed by atoms with E-state index in [1.807, 2.05) is 6.92 Å². The van der Waals surface area contributed by atoms with Crippen molar-refractivity contribution in [1.82, 2.24) is 14.8 Å². The van der Waals surface area contributed by atoms with Gasteiger partial charge in [-0.25, -0.2) is 0 Å². The fourth-order valence-corrected chi connectivity index (χ4v) is 2.73. The molecule has 2 rings (SSSR count). The zero-order valence-electron chi connectivity index (χ0n) is 10.5. The summed E-state index contributed by atoms with van der Waals surface area (Å²) in [4.78, 5) is 0. The molecule has 0 bridgehead atoms. The molecule has 0 aliphatic heterocycles. The molecular formula is C12H22N4. The monoisotopic (exact) mass is 222 g/mol. The Balaban J connectivity index is 2.38. The molecule has 1 aromatic heterocycles. The summed E-state index contributed by atoms with van der Waals surface area (Å²) < 4.78 is 2.19. The maximum absolute atomic E-state index is 6.51. The molecule has 0 unspecified atom stereocenters. The molecule has 0 saturated heterocycles. The third-order valence-corrected chi connectivity index (χ3v) is 3.57. The van der Waals surface area contributed by atoms with Crippen LogP contribution in [0.1, 0.15) is 63.6 Å². The average molecular weight is 222 g/mol. The largest absolute Gasteiger partial charge is 0.319 e. The Kier molecular flexibility index (Phi) is 3.02. The van der Waals surface area contributed by atoms with Crippen molar-refractivity contribution in [3.05, 3.63) is 11.6 Å². The normalized spacial score (nSPS) is 20.3. The van der Waals surface area contributed by atoms with E-state index in [9.17, 15) is 0 Å². The smallest absolute Gasteiger partial charge is 0.153 e. The van der Waals surface area contributed by atoms with Crippen molar-refractivity contribution in [2.24, 2.45) is 5.73 Å². The van der Waals surface area contributed by atoms with Gasteiger partial charge in [0, 0.05) is 6.04 Å². The van der Waals surface area contributed by atoms with Gasteiger partial charge in [-0.15, -0.1) is 10.2 Å². The van der Waals surface area contributed by atoms with Crippen molar-refractivity contribution in [2.45, 2.75) is 64.5 Å². The van der Waals surface area contributed by atoms with E-state index in [4.69, 9.17) is 5.73 Å². The highest BCUT2D eigenvalue weighted by Gasteiger charge is 2.35. The predicted octanol–water partition coefficient (Wildman–Crippen LogP) is 2.29. The lowest BCUT2D eigenvalue weighted by atomic mass is 9.82. The van der Waals surface area contributed by atoms with Gasteiger partial charge in [-0.05, 0) is 33.6 Å². The molecule has 2 N–H and O–H groups in total. The highest BCUT2D eigenvalue weighted by molar-refractivity contribution is 5.10. The first-order valence-corrected chi connectivity index (χ1v) is 6.25. The molecule has 0 amide bonds. The fraction of sp³-hybridized carbons (Fsp3) is 0.833. The van der Waals surface area contributed by atoms with Crippen LogP contribution in [-0.4, -0.2) is 14.8 Å². The second-order valence-corrected chi connectivity index (χ2v) is 5.25. The van der Waals surface area contributed by atoms with Gasteiger partial charge in [0.1, 0.15) is 5.82 Å². The summed E-state index contributed by atoms with van der Waals surface area (Å²) in [5.41, 5.74) is 6.26. The van der Waals surface area contributed by atoms with Gasteiger partial charge in [-0.2, -0.15) is 0 Å². The molecule has 1 aliphatic rings. The van der Waals surface area contributed by atoms with Gasteiger partial charge in [0.25, 0.3) is 0 Å². The summed E-state index contributed by atoms with van der Waals surface area (Å²) in [6.07, 6.45) is 5.80. The molecule has 16 heavy (non-hydrogen) atoms. The second kappa shape index (κ2) is 4.17. The first kappa shape index (κ1) is 11.6. The van der Waals surface area contributed by atoms with Crippen LogP contribution in [0.4, 0.5) is 0 Å². The quantitative estimate of drug-likeness (QED) is 0.835. The summed E-state index contributed by atoms with van der Waals surface area (Å²) in [7, 11) is 0. The number of nitrogens with zero attached hydrogens (tertiary/aromatic N) is 3. The zero-order chi connectivity index (χ0) is 11.8. The Bertz CT molecular complexity index is 361. The van der Waals surface area contributed by atoms with Crippen LogP contribution in [0.3, 0.4) is 0 Å². The van der Waals surface area contributed by atoms with Crippen molar-refractivity contribution < 1.29 is 0 Å². The molecule has 1 aliphatic carbocycles. The van der Waals surface area contributed by atoms with Crippen LogP contribution in [0.2, 0.25) is 0 Å². The molecular weight excluding hydrogens is 200 g/mol. The molecule has 0 spiro atoms. The van der Waals surface area contributed by atoms with Crippen LogP contribution in [0.5, 0.6) is 0 Å². The maximum atomic E-state index is 6.51. The molecule has 4 nitrogen and oxygen atoms in total. The van der Waals surface area contributed by atoms with Crippen molar-refractivity contribution in [1.29, 1.82) is 0 Å². The van der Waals surface area contributed by atoms with E-state index in [0.717, 1.165) is 24.5 Å². The molecule has 0 atom stereocenters. The van der Waals surface area contributed by atoms with Crippen LogP contribution in [0.15, 0.2) is 0 Å². The average Bonchev–Trinajstić information content (AvgIpc) is 2.62. The Morgan fingerprint density at radius 3 is 2.38 bits per heavy atom. The van der Waals surface area contributed by atoms with E-state index in [-0.39, 0.29) is 5.54 Å². The van der Waals surface area contributed by atoms with E-state index in [0.29, 0.717) is 6.04 Å². The molecule has 90 valence electrons. The van der Waals surface area contributed by atoms with Crippen molar-refractivity contribution in [3.8, 4) is 0 Å². The summed E-state index contributed by atoms with van der Waals surface area (Å²) in [5, 5.41) is 8.51. The Morgan fingerprint density at radius 2 is 1.81 bits per heavy atom. The number of nitrogens with two attached hydrogens (primary N) is 1. The first-order valence-electron chi connectivity index (χ1n) is 6.25. The standard InChI is InChI=1S/C12H22N4/c1-9(2)16-10(3)14-15-11(16)12(13)7-5-4-6-8-12/h9H,4-8,13H2,1-3H3. The lowest BCUT2D eigenvalue weighted by Gasteiger charge is -2.33. The number of rotatable bonds is 2. The first-order chi connectivity index (χ1) is 7.54. The van der Waals surface area contributed by atoms with Crippen LogP contribution >= 0.6 is 0 Å². The lowest BCUT2D eigenvalue weighted by molar-refractivity contribution is 0.272. The number of hydrogen-bond acceptors (Lipinski definition) is 3. The minimum absolute atomic E-state index is 0.246. The number of aryl methyl sites for hydroxylation is 1. The third kappa shape index (κ3) is 1.86. The molecule has 0 aromatic carbocycles. The highest BCUT2D eigenvalue weighted by atomic mass is 15.3. The topological polar surface area (TPSA) is 56.7 Å². The van der Waals surface area contributed by atoms with Gasteiger partial charge in [0.15, 0.2) is 5.82 Å². The molecule has 1 aromatic rings. The maximum Gasteiger partial charge on any atom is 0.153 e. The fourth-order valence-electron chi connectivity index (χ4n) is 2.73. The van der Waals surface area contributed by atoms with Gasteiger partial charge >= 0.3 is 0 Å². The summed E-state index contributed by atoms with van der Waals surface area (Å²) in [6.45, 7) is 6.32. The Hall–Kier alpha value is -0.900. The molecule has 0 radical (unpaired) electrons. The Morgan fingerprint density at radius 1 is 1.19 bits per heavy atom. The van der Waals surface area contributed by atoms with Gasteiger partial charge in [-0.1, -0.05) is 19.3 Å². The van der Waals surface area contributed by atoms with Crippen LogP contribution in [0, 0.1) is 6.92 Å².